The van der Waals surface area contributed by atoms with Crippen LogP contribution in [0, 0.1) is 0 Å². The summed E-state index contributed by atoms with van der Waals surface area (Å²) in [6.45, 7) is -0.0257. The Bertz CT molecular complexity index is 859. The first-order chi connectivity index (χ1) is 12.5. The highest BCUT2D eigenvalue weighted by Crippen LogP contribution is 2.25. The molecular formula is C16H14N4O5S. The molecule has 134 valence electrons. The van der Waals surface area contributed by atoms with E-state index in [2.05, 4.69) is 20.3 Å². The highest BCUT2D eigenvalue weighted by molar-refractivity contribution is 7.15. The summed E-state index contributed by atoms with van der Waals surface area (Å²) >= 11 is 1.05. The normalized spacial score (nSPS) is 12.9. The molecule has 2 heterocycles. The number of rotatable bonds is 6. The number of nitrogens with one attached hydrogen (secondary N) is 1. The van der Waals surface area contributed by atoms with Crippen LogP contribution < -0.4 is 5.32 Å². The molecule has 2 aromatic rings. The van der Waals surface area contributed by atoms with E-state index in [-0.39, 0.29) is 36.3 Å². The van der Waals surface area contributed by atoms with E-state index in [9.17, 15) is 19.2 Å². The molecule has 0 bridgehead atoms. The Kier molecular flexibility index (Phi) is 5.03. The lowest BCUT2D eigenvalue weighted by molar-refractivity contribution is -0.141. The van der Waals surface area contributed by atoms with Gasteiger partial charge in [-0.05, 0) is 12.1 Å². The van der Waals surface area contributed by atoms with Crippen LogP contribution in [0.4, 0.5) is 5.13 Å². The first-order valence-corrected chi connectivity index (χ1v) is 8.45. The van der Waals surface area contributed by atoms with Crippen LogP contribution in [0.15, 0.2) is 24.3 Å². The largest absolute Gasteiger partial charge is 0.469 e. The summed E-state index contributed by atoms with van der Waals surface area (Å²) in [5.74, 6) is -1.66. The number of amides is 3. The molecule has 0 saturated heterocycles. The number of hydrogen-bond acceptors (Lipinski definition) is 8. The van der Waals surface area contributed by atoms with Crippen molar-refractivity contribution in [1.82, 2.24) is 15.1 Å². The number of ether oxygens (including phenoxy) is 1. The van der Waals surface area contributed by atoms with Crippen molar-refractivity contribution < 1.29 is 23.9 Å². The number of carbonyl (C=O) groups excluding carboxylic acids is 4. The number of hydrogen-bond donors (Lipinski definition) is 1. The molecule has 0 atom stereocenters. The smallest absolute Gasteiger partial charge is 0.306 e. The number of benzene rings is 1. The van der Waals surface area contributed by atoms with Gasteiger partial charge in [0.2, 0.25) is 11.0 Å². The number of carbonyl (C=O) groups is 4. The molecule has 0 aliphatic carbocycles. The first kappa shape index (κ1) is 17.7. The molecular weight excluding hydrogens is 360 g/mol. The molecule has 0 radical (unpaired) electrons. The molecule has 0 spiro atoms. The molecule has 1 N–H and O–H groups in total. The molecule has 0 fully saturated rings. The number of fused-ring (bicyclic) bond motifs is 1. The molecule has 26 heavy (non-hydrogen) atoms. The lowest BCUT2D eigenvalue weighted by Gasteiger charge is -2.10. The van der Waals surface area contributed by atoms with Gasteiger partial charge in [-0.2, -0.15) is 0 Å². The highest BCUT2D eigenvalue weighted by atomic mass is 32.1. The maximum Gasteiger partial charge on any atom is 0.306 e. The van der Waals surface area contributed by atoms with Gasteiger partial charge in [0.15, 0.2) is 0 Å². The number of methoxy groups -OCH3 is 1. The number of aromatic nitrogens is 2. The van der Waals surface area contributed by atoms with Gasteiger partial charge in [-0.15, -0.1) is 10.2 Å². The van der Waals surface area contributed by atoms with E-state index in [1.807, 2.05) is 0 Å². The van der Waals surface area contributed by atoms with Crippen LogP contribution in [-0.4, -0.2) is 45.9 Å². The fourth-order valence-electron chi connectivity index (χ4n) is 2.39. The Balaban J connectivity index is 1.61. The average Bonchev–Trinajstić information content (AvgIpc) is 3.18. The fourth-order valence-corrected chi connectivity index (χ4v) is 3.13. The molecule has 1 aliphatic heterocycles. The van der Waals surface area contributed by atoms with Crippen LogP contribution in [0.5, 0.6) is 0 Å². The summed E-state index contributed by atoms with van der Waals surface area (Å²) in [6.07, 6.45) is -0.0803. The third kappa shape index (κ3) is 3.59. The number of anilines is 1. The van der Waals surface area contributed by atoms with Crippen LogP contribution >= 0.6 is 11.3 Å². The van der Waals surface area contributed by atoms with Crippen molar-refractivity contribution in [2.45, 2.75) is 19.4 Å². The Hall–Kier alpha value is -3.14. The van der Waals surface area contributed by atoms with Gasteiger partial charge in [-0.3, -0.25) is 24.1 Å². The fraction of sp³-hybridized carbons (Fsp3) is 0.250. The summed E-state index contributed by atoms with van der Waals surface area (Å²) in [4.78, 5) is 48.5. The summed E-state index contributed by atoms with van der Waals surface area (Å²) in [5.41, 5.74) is 0.719. The van der Waals surface area contributed by atoms with Crippen LogP contribution in [0.25, 0.3) is 0 Å². The molecule has 9 nitrogen and oxygen atoms in total. The van der Waals surface area contributed by atoms with E-state index in [0.29, 0.717) is 16.1 Å². The van der Waals surface area contributed by atoms with Crippen molar-refractivity contribution in [2.24, 2.45) is 0 Å². The monoisotopic (exact) mass is 374 g/mol. The van der Waals surface area contributed by atoms with Crippen molar-refractivity contribution in [3.05, 3.63) is 40.4 Å². The average molecular weight is 374 g/mol. The zero-order valence-electron chi connectivity index (χ0n) is 13.7. The lowest BCUT2D eigenvalue weighted by atomic mass is 10.1. The van der Waals surface area contributed by atoms with Crippen molar-refractivity contribution in [3.8, 4) is 0 Å². The summed E-state index contributed by atoms with van der Waals surface area (Å²) < 4.78 is 4.46. The molecule has 1 aliphatic rings. The van der Waals surface area contributed by atoms with E-state index in [4.69, 9.17) is 0 Å². The van der Waals surface area contributed by atoms with E-state index in [1.165, 1.54) is 7.11 Å². The van der Waals surface area contributed by atoms with Crippen molar-refractivity contribution in [1.29, 1.82) is 0 Å². The van der Waals surface area contributed by atoms with Crippen molar-refractivity contribution in [3.63, 3.8) is 0 Å². The second-order valence-electron chi connectivity index (χ2n) is 5.37. The Morgan fingerprint density at radius 2 is 1.77 bits per heavy atom. The summed E-state index contributed by atoms with van der Waals surface area (Å²) in [7, 11) is 1.25. The van der Waals surface area contributed by atoms with Gasteiger partial charge in [0, 0.05) is 6.42 Å². The Labute approximate surface area is 152 Å². The van der Waals surface area contributed by atoms with Gasteiger partial charge in [0.25, 0.3) is 11.8 Å². The zero-order valence-corrected chi connectivity index (χ0v) is 14.5. The maximum atomic E-state index is 12.3. The van der Waals surface area contributed by atoms with E-state index in [1.54, 1.807) is 24.3 Å². The van der Waals surface area contributed by atoms with Gasteiger partial charge >= 0.3 is 5.97 Å². The van der Waals surface area contributed by atoms with Gasteiger partial charge in [0.05, 0.1) is 31.2 Å². The van der Waals surface area contributed by atoms with Crippen LogP contribution in [-0.2, 0) is 20.9 Å². The van der Waals surface area contributed by atoms with Crippen LogP contribution in [0.3, 0.4) is 0 Å². The quantitative estimate of drug-likeness (QED) is 0.596. The lowest BCUT2D eigenvalue weighted by Crippen LogP contribution is -2.29. The van der Waals surface area contributed by atoms with Gasteiger partial charge in [-0.25, -0.2) is 0 Å². The second-order valence-corrected chi connectivity index (χ2v) is 6.43. The minimum Gasteiger partial charge on any atom is -0.469 e. The third-order valence-electron chi connectivity index (χ3n) is 3.67. The van der Waals surface area contributed by atoms with Gasteiger partial charge in [-0.1, -0.05) is 23.5 Å². The Morgan fingerprint density at radius 3 is 2.38 bits per heavy atom. The SMILES string of the molecule is COC(=O)CCC(=O)Nc1nnc(CN2C(=O)c3ccccc3C2=O)s1. The number of nitrogens with zero attached hydrogens (tertiary/aromatic N) is 3. The summed E-state index contributed by atoms with van der Waals surface area (Å²) in [6, 6.07) is 6.59. The minimum atomic E-state index is -0.483. The van der Waals surface area contributed by atoms with E-state index >= 15 is 0 Å². The number of imide groups is 1. The van der Waals surface area contributed by atoms with E-state index < -0.39 is 11.9 Å². The van der Waals surface area contributed by atoms with Gasteiger partial charge in [0.1, 0.15) is 5.01 Å². The molecule has 3 amide bonds. The predicted molar refractivity (Wildman–Crippen MR) is 90.4 cm³/mol. The van der Waals surface area contributed by atoms with Crippen LogP contribution in [0.2, 0.25) is 0 Å². The van der Waals surface area contributed by atoms with Crippen LogP contribution in [0.1, 0.15) is 38.6 Å². The molecule has 1 aromatic heterocycles. The molecule has 0 unspecified atom stereocenters. The topological polar surface area (TPSA) is 119 Å². The van der Waals surface area contributed by atoms with Gasteiger partial charge < -0.3 is 10.1 Å². The summed E-state index contributed by atoms with van der Waals surface area (Å²) in [5, 5.41) is 10.9. The second kappa shape index (κ2) is 7.40. The van der Waals surface area contributed by atoms with Crippen molar-refractivity contribution in [2.75, 3.05) is 12.4 Å². The predicted octanol–water partition coefficient (Wildman–Crippen LogP) is 1.23. The first-order valence-electron chi connectivity index (χ1n) is 7.64. The zero-order chi connectivity index (χ0) is 18.7. The molecule has 3 rings (SSSR count). The molecule has 0 saturated carbocycles. The molecule has 10 heteroatoms. The number of esters is 1. The molecule has 1 aromatic carbocycles. The standard InChI is InChI=1S/C16H14N4O5S/c1-25-13(22)7-6-11(21)17-16-19-18-12(26-16)8-20-14(23)9-4-2-3-5-10(9)15(20)24/h2-5H,6-8H2,1H3,(H,17,19,21). The highest BCUT2D eigenvalue weighted by Gasteiger charge is 2.35. The maximum absolute atomic E-state index is 12.3. The Morgan fingerprint density at radius 1 is 1.12 bits per heavy atom. The van der Waals surface area contributed by atoms with E-state index in [0.717, 1.165) is 16.2 Å². The minimum absolute atomic E-state index is 0.0257. The van der Waals surface area contributed by atoms with Crippen molar-refractivity contribution >= 4 is 40.2 Å². The third-order valence-corrected chi connectivity index (χ3v) is 4.49.